The number of likely N-dealkylation sites (tertiary alicyclic amines) is 1. The monoisotopic (exact) mass is 465 g/mol. The minimum atomic E-state index is -1.25. The number of phenols is 1. The molecule has 2 aliphatic heterocycles. The first kappa shape index (κ1) is 23.2. The standard InChI is InChI=1S/C24H27N5O5/c1-34-14-20(31)26-18-4-2-3-17(13-18)24(22(33)27-23(25)28-24)16-9-11-29(12-10-16)21(32)15-5-7-19(30)8-6-15/h2-8,13,16,30H,9-12,14H2,1H3,(H,26,31)(H3,25,27,28,33). The van der Waals surface area contributed by atoms with Gasteiger partial charge in [0.1, 0.15) is 12.4 Å². The molecule has 3 amide bonds. The predicted octanol–water partition coefficient (Wildman–Crippen LogP) is 1.17. The summed E-state index contributed by atoms with van der Waals surface area (Å²) < 4.78 is 4.86. The lowest BCUT2D eigenvalue weighted by molar-refractivity contribution is -0.126. The molecule has 4 rings (SSSR count). The molecule has 2 aromatic rings. The van der Waals surface area contributed by atoms with Crippen LogP contribution in [0.5, 0.6) is 5.75 Å². The average molecular weight is 466 g/mol. The number of benzene rings is 2. The highest BCUT2D eigenvalue weighted by Crippen LogP contribution is 2.43. The second-order valence-electron chi connectivity index (χ2n) is 8.39. The fraction of sp³-hybridized carbons (Fsp3) is 0.333. The molecular weight excluding hydrogens is 438 g/mol. The van der Waals surface area contributed by atoms with Crippen LogP contribution in [0.15, 0.2) is 53.5 Å². The molecule has 34 heavy (non-hydrogen) atoms. The van der Waals surface area contributed by atoms with Gasteiger partial charge in [-0.3, -0.25) is 19.7 Å². The fourth-order valence-corrected chi connectivity index (χ4v) is 4.64. The van der Waals surface area contributed by atoms with Crippen LogP contribution in [0.2, 0.25) is 0 Å². The highest BCUT2D eigenvalue weighted by Gasteiger charge is 2.52. The third-order valence-electron chi connectivity index (χ3n) is 6.23. The lowest BCUT2D eigenvalue weighted by Gasteiger charge is -2.39. The van der Waals surface area contributed by atoms with Crippen molar-refractivity contribution in [2.75, 3.05) is 32.1 Å². The number of carbonyl (C=O) groups excluding carboxylic acids is 3. The molecule has 1 unspecified atom stereocenters. The minimum absolute atomic E-state index is 0.0430. The molecular formula is C24H27N5O5. The fourth-order valence-electron chi connectivity index (χ4n) is 4.64. The lowest BCUT2D eigenvalue weighted by atomic mass is 9.73. The Balaban J connectivity index is 1.56. The summed E-state index contributed by atoms with van der Waals surface area (Å²) in [6.45, 7) is 0.798. The molecule has 2 aromatic carbocycles. The van der Waals surface area contributed by atoms with Crippen molar-refractivity contribution < 1.29 is 24.2 Å². The molecule has 2 aliphatic rings. The van der Waals surface area contributed by atoms with Crippen molar-refractivity contribution in [1.82, 2.24) is 10.2 Å². The number of methoxy groups -OCH3 is 1. The Hall–Kier alpha value is -3.92. The third-order valence-corrected chi connectivity index (χ3v) is 6.23. The SMILES string of the molecule is COCC(=O)Nc1cccc(C2(C3CCN(C(=O)c4ccc(O)cc4)CC3)N=C(N)NC2=O)c1. The summed E-state index contributed by atoms with van der Waals surface area (Å²) in [7, 11) is 1.43. The number of hydrogen-bond donors (Lipinski definition) is 4. The number of guanidine groups is 1. The first-order valence-corrected chi connectivity index (χ1v) is 11.0. The largest absolute Gasteiger partial charge is 0.508 e. The number of nitrogens with one attached hydrogen (secondary N) is 2. The highest BCUT2D eigenvalue weighted by atomic mass is 16.5. The van der Waals surface area contributed by atoms with E-state index in [1.807, 2.05) is 0 Å². The minimum Gasteiger partial charge on any atom is -0.508 e. The van der Waals surface area contributed by atoms with Gasteiger partial charge < -0.3 is 25.8 Å². The third kappa shape index (κ3) is 4.44. The van der Waals surface area contributed by atoms with Gasteiger partial charge in [0.15, 0.2) is 11.5 Å². The molecule has 0 spiro atoms. The number of nitrogens with two attached hydrogens (primary N) is 1. The molecule has 1 fully saturated rings. The topological polar surface area (TPSA) is 146 Å². The zero-order valence-corrected chi connectivity index (χ0v) is 18.8. The number of amides is 3. The summed E-state index contributed by atoms with van der Waals surface area (Å²) in [5.74, 6) is -0.833. The van der Waals surface area contributed by atoms with Crippen LogP contribution < -0.4 is 16.4 Å². The van der Waals surface area contributed by atoms with Crippen LogP contribution in [0, 0.1) is 5.92 Å². The molecule has 5 N–H and O–H groups in total. The van der Waals surface area contributed by atoms with Crippen molar-refractivity contribution in [1.29, 1.82) is 0 Å². The van der Waals surface area contributed by atoms with Gasteiger partial charge in [-0.2, -0.15) is 0 Å². The van der Waals surface area contributed by atoms with E-state index >= 15 is 0 Å². The number of aliphatic imine (C=N–C) groups is 1. The molecule has 0 aromatic heterocycles. The number of nitrogens with zero attached hydrogens (tertiary/aromatic N) is 2. The van der Waals surface area contributed by atoms with Crippen molar-refractivity contribution in [3.63, 3.8) is 0 Å². The molecule has 10 heteroatoms. The zero-order valence-electron chi connectivity index (χ0n) is 18.8. The second kappa shape index (κ2) is 9.52. The number of ether oxygens (including phenoxy) is 1. The van der Waals surface area contributed by atoms with Crippen LogP contribution in [0.25, 0.3) is 0 Å². The van der Waals surface area contributed by atoms with E-state index < -0.39 is 5.54 Å². The highest BCUT2D eigenvalue weighted by molar-refractivity contribution is 6.07. The molecule has 178 valence electrons. The van der Waals surface area contributed by atoms with Crippen LogP contribution in [0.4, 0.5) is 5.69 Å². The van der Waals surface area contributed by atoms with Crippen molar-refractivity contribution >= 4 is 29.4 Å². The first-order valence-electron chi connectivity index (χ1n) is 11.0. The number of anilines is 1. The Kier molecular flexibility index (Phi) is 6.51. The van der Waals surface area contributed by atoms with Gasteiger partial charge in [0.05, 0.1) is 0 Å². The number of hydrogen-bond acceptors (Lipinski definition) is 7. The normalized spacial score (nSPS) is 20.6. The molecule has 0 radical (unpaired) electrons. The smallest absolute Gasteiger partial charge is 0.259 e. The van der Waals surface area contributed by atoms with Crippen molar-refractivity contribution in [2.45, 2.75) is 18.4 Å². The molecule has 2 heterocycles. The first-order chi connectivity index (χ1) is 16.3. The lowest BCUT2D eigenvalue weighted by Crippen LogP contribution is -2.49. The predicted molar refractivity (Wildman–Crippen MR) is 125 cm³/mol. The maximum Gasteiger partial charge on any atom is 0.259 e. The van der Waals surface area contributed by atoms with Crippen LogP contribution in [-0.4, -0.2) is 60.5 Å². The molecule has 0 bridgehead atoms. The van der Waals surface area contributed by atoms with E-state index in [1.54, 1.807) is 41.3 Å². The number of phenolic OH excluding ortho intramolecular Hbond substituents is 1. The summed E-state index contributed by atoms with van der Waals surface area (Å²) in [4.78, 5) is 44.3. The average Bonchev–Trinajstić information content (AvgIpc) is 3.14. The van der Waals surface area contributed by atoms with E-state index in [9.17, 15) is 19.5 Å². The Morgan fingerprint density at radius 1 is 1.24 bits per heavy atom. The van der Waals surface area contributed by atoms with E-state index in [0.717, 1.165) is 0 Å². The molecule has 1 atom stereocenters. The van der Waals surface area contributed by atoms with Gasteiger partial charge in [0, 0.05) is 37.4 Å². The van der Waals surface area contributed by atoms with Gasteiger partial charge in [-0.25, -0.2) is 4.99 Å². The quantitative estimate of drug-likeness (QED) is 0.504. The summed E-state index contributed by atoms with van der Waals surface area (Å²) >= 11 is 0. The van der Waals surface area contributed by atoms with Crippen LogP contribution in [0.1, 0.15) is 28.8 Å². The summed E-state index contributed by atoms with van der Waals surface area (Å²) in [5, 5.41) is 14.8. The molecule has 1 saturated heterocycles. The van der Waals surface area contributed by atoms with Gasteiger partial charge in [0.25, 0.3) is 11.8 Å². The van der Waals surface area contributed by atoms with Gasteiger partial charge in [-0.15, -0.1) is 0 Å². The van der Waals surface area contributed by atoms with E-state index in [4.69, 9.17) is 10.5 Å². The Morgan fingerprint density at radius 3 is 2.56 bits per heavy atom. The van der Waals surface area contributed by atoms with Gasteiger partial charge in [-0.05, 0) is 54.8 Å². The van der Waals surface area contributed by atoms with Crippen LogP contribution in [-0.2, 0) is 19.9 Å². The number of piperidine rings is 1. The van der Waals surface area contributed by atoms with Crippen molar-refractivity contribution in [3.05, 3.63) is 59.7 Å². The number of rotatable bonds is 6. The van der Waals surface area contributed by atoms with E-state index in [2.05, 4.69) is 15.6 Å². The molecule has 0 aliphatic carbocycles. The maximum atomic E-state index is 13.2. The molecule has 10 nitrogen and oxygen atoms in total. The van der Waals surface area contributed by atoms with Crippen molar-refractivity contribution in [2.24, 2.45) is 16.6 Å². The summed E-state index contributed by atoms with van der Waals surface area (Å²) in [6.07, 6.45) is 1.07. The molecule has 0 saturated carbocycles. The van der Waals surface area contributed by atoms with Gasteiger partial charge in [0.2, 0.25) is 5.91 Å². The number of carbonyl (C=O) groups is 3. The maximum absolute atomic E-state index is 13.2. The van der Waals surface area contributed by atoms with E-state index in [-0.39, 0.29) is 42.0 Å². The van der Waals surface area contributed by atoms with Crippen LogP contribution in [0.3, 0.4) is 0 Å². The Labute approximate surface area is 196 Å². The van der Waals surface area contributed by atoms with Gasteiger partial charge in [-0.1, -0.05) is 12.1 Å². The Bertz CT molecular complexity index is 1120. The second-order valence-corrected chi connectivity index (χ2v) is 8.39. The Morgan fingerprint density at radius 2 is 1.94 bits per heavy atom. The summed E-state index contributed by atoms with van der Waals surface area (Å²) in [6, 6.07) is 13.1. The van der Waals surface area contributed by atoms with Gasteiger partial charge >= 0.3 is 0 Å². The van der Waals surface area contributed by atoms with Crippen LogP contribution >= 0.6 is 0 Å². The van der Waals surface area contributed by atoms with E-state index in [0.29, 0.717) is 42.7 Å². The zero-order chi connectivity index (χ0) is 24.3. The number of aromatic hydroxyl groups is 1. The van der Waals surface area contributed by atoms with E-state index in [1.165, 1.54) is 19.2 Å². The summed E-state index contributed by atoms with van der Waals surface area (Å²) in [5.41, 5.74) is 6.29. The van der Waals surface area contributed by atoms with Crippen molar-refractivity contribution in [3.8, 4) is 5.75 Å².